The number of nitrogens with one attached hydrogen (secondary N) is 1. The van der Waals surface area contributed by atoms with Crippen LogP contribution in [0.3, 0.4) is 0 Å². The van der Waals surface area contributed by atoms with Crippen LogP contribution in [0.15, 0.2) is 47.5 Å². The fourth-order valence-electron chi connectivity index (χ4n) is 2.93. The van der Waals surface area contributed by atoms with Crippen molar-refractivity contribution < 1.29 is 19.0 Å². The van der Waals surface area contributed by atoms with Crippen molar-refractivity contribution in [1.29, 1.82) is 0 Å². The second-order valence-corrected chi connectivity index (χ2v) is 6.68. The molecule has 2 aromatic rings. The number of methoxy groups -OCH3 is 2. The number of para-hydroxylation sites is 2. The molecule has 0 saturated carbocycles. The van der Waals surface area contributed by atoms with Gasteiger partial charge in [-0.2, -0.15) is 0 Å². The van der Waals surface area contributed by atoms with Gasteiger partial charge < -0.3 is 19.5 Å². The van der Waals surface area contributed by atoms with Crippen molar-refractivity contribution >= 4 is 28.5 Å². The molecule has 2 aromatic carbocycles. The fraction of sp³-hybridized carbons (Fsp3) is 0.222. The summed E-state index contributed by atoms with van der Waals surface area (Å²) in [7, 11) is 3.20. The van der Waals surface area contributed by atoms with Crippen LogP contribution in [0.2, 0.25) is 0 Å². The number of nitrogens with zero attached hydrogens (tertiary/aromatic N) is 1. The monoisotopic (exact) mass is 356 g/mol. The van der Waals surface area contributed by atoms with Gasteiger partial charge in [0.2, 0.25) is 0 Å². The normalized spacial score (nSPS) is 21.2. The van der Waals surface area contributed by atoms with Crippen molar-refractivity contribution in [2.45, 2.75) is 11.4 Å². The Morgan fingerprint density at radius 1 is 1.16 bits per heavy atom. The van der Waals surface area contributed by atoms with Crippen molar-refractivity contribution in [2.75, 3.05) is 14.2 Å². The van der Waals surface area contributed by atoms with Gasteiger partial charge in [0.15, 0.2) is 0 Å². The first-order valence-corrected chi connectivity index (χ1v) is 8.61. The van der Waals surface area contributed by atoms with E-state index in [4.69, 9.17) is 14.2 Å². The summed E-state index contributed by atoms with van der Waals surface area (Å²) in [6.45, 7) is 0. The van der Waals surface area contributed by atoms with E-state index in [1.807, 2.05) is 36.4 Å². The van der Waals surface area contributed by atoms with Crippen LogP contribution < -0.4 is 19.5 Å². The molecule has 128 valence electrons. The lowest BCUT2D eigenvalue weighted by Gasteiger charge is -2.24. The molecular formula is C18H16N2O4S. The first-order chi connectivity index (χ1) is 12.2. The summed E-state index contributed by atoms with van der Waals surface area (Å²) in [5, 5.41) is 2.41. The molecule has 0 aliphatic carbocycles. The van der Waals surface area contributed by atoms with Gasteiger partial charge >= 0.3 is 0 Å². The first-order valence-electron chi connectivity index (χ1n) is 7.73. The lowest BCUT2D eigenvalue weighted by atomic mass is 10.0. The molecule has 1 amide bonds. The Balaban J connectivity index is 1.84. The average Bonchev–Trinajstić information content (AvgIpc) is 2.93. The average molecular weight is 356 g/mol. The summed E-state index contributed by atoms with van der Waals surface area (Å²) < 4.78 is 17.1. The number of amides is 1. The van der Waals surface area contributed by atoms with E-state index in [0.717, 1.165) is 5.56 Å². The van der Waals surface area contributed by atoms with E-state index >= 15 is 0 Å². The van der Waals surface area contributed by atoms with Gasteiger partial charge in [-0.25, -0.2) is 4.99 Å². The number of hydrogen-bond donors (Lipinski definition) is 1. The van der Waals surface area contributed by atoms with E-state index in [1.54, 1.807) is 20.3 Å². The van der Waals surface area contributed by atoms with Gasteiger partial charge in [0, 0.05) is 11.6 Å². The smallest absolute Gasteiger partial charge is 0.285 e. The van der Waals surface area contributed by atoms with E-state index in [0.29, 0.717) is 28.8 Å². The zero-order chi connectivity index (χ0) is 17.4. The van der Waals surface area contributed by atoms with Crippen LogP contribution in [0.5, 0.6) is 17.2 Å². The molecule has 2 atom stereocenters. The molecule has 4 rings (SSSR count). The number of hydrogen-bond acceptors (Lipinski definition) is 6. The highest BCUT2D eigenvalue weighted by molar-refractivity contribution is 8.15. The maximum atomic E-state index is 11.9. The summed E-state index contributed by atoms with van der Waals surface area (Å²) in [6, 6.07) is 13.1. The van der Waals surface area contributed by atoms with Gasteiger partial charge in [0.25, 0.3) is 5.24 Å². The Labute approximate surface area is 149 Å². The van der Waals surface area contributed by atoms with Gasteiger partial charge in [-0.15, -0.1) is 0 Å². The third-order valence-corrected chi connectivity index (χ3v) is 5.16. The predicted molar refractivity (Wildman–Crippen MR) is 96.4 cm³/mol. The number of ether oxygens (including phenoxy) is 3. The first kappa shape index (κ1) is 15.8. The molecule has 0 radical (unpaired) electrons. The number of amidine groups is 1. The SMILES string of the molecule is COc1ccc(C2Oc3ccccc3N=C3NC(=O)SC32)c(OC)c1. The topological polar surface area (TPSA) is 69.2 Å². The van der Waals surface area contributed by atoms with Crippen molar-refractivity contribution in [1.82, 2.24) is 5.32 Å². The number of thioether (sulfide) groups is 1. The summed E-state index contributed by atoms with van der Waals surface area (Å²) in [5.41, 5.74) is 1.53. The Bertz CT molecular complexity index is 868. The largest absolute Gasteiger partial charge is 0.497 e. The van der Waals surface area contributed by atoms with E-state index < -0.39 is 6.10 Å². The molecule has 1 saturated heterocycles. The molecule has 1 N–H and O–H groups in total. The molecule has 1 fully saturated rings. The fourth-order valence-corrected chi connectivity index (χ4v) is 3.87. The highest BCUT2D eigenvalue weighted by atomic mass is 32.2. The zero-order valence-electron chi connectivity index (χ0n) is 13.7. The highest BCUT2D eigenvalue weighted by Gasteiger charge is 2.41. The van der Waals surface area contributed by atoms with Gasteiger partial charge in [0.1, 0.15) is 40.1 Å². The molecule has 2 heterocycles. The maximum Gasteiger partial charge on any atom is 0.285 e. The third kappa shape index (κ3) is 2.80. The molecule has 0 bridgehead atoms. The van der Waals surface area contributed by atoms with E-state index in [2.05, 4.69) is 10.3 Å². The Kier molecular flexibility index (Phi) is 4.01. The molecular weight excluding hydrogens is 340 g/mol. The van der Waals surface area contributed by atoms with Crippen molar-refractivity contribution in [2.24, 2.45) is 4.99 Å². The Morgan fingerprint density at radius 2 is 2.00 bits per heavy atom. The summed E-state index contributed by atoms with van der Waals surface area (Å²) in [4.78, 5) is 16.5. The minimum absolute atomic E-state index is 0.135. The van der Waals surface area contributed by atoms with Crippen LogP contribution in [0.25, 0.3) is 0 Å². The van der Waals surface area contributed by atoms with Gasteiger partial charge in [-0.05, 0) is 36.0 Å². The number of fused-ring (bicyclic) bond motifs is 2. The summed E-state index contributed by atoms with van der Waals surface area (Å²) >= 11 is 1.17. The second-order valence-electron chi connectivity index (χ2n) is 5.56. The maximum absolute atomic E-state index is 11.9. The lowest BCUT2D eigenvalue weighted by molar-refractivity contribution is 0.216. The number of carbonyl (C=O) groups excluding carboxylic acids is 1. The number of aliphatic imine (C=N–C) groups is 1. The van der Waals surface area contributed by atoms with Crippen LogP contribution in [-0.2, 0) is 0 Å². The van der Waals surface area contributed by atoms with Crippen LogP contribution >= 0.6 is 11.8 Å². The molecule has 6 nitrogen and oxygen atoms in total. The van der Waals surface area contributed by atoms with Crippen LogP contribution in [0.4, 0.5) is 10.5 Å². The standard InChI is InChI=1S/C18H16N2O4S/c1-22-10-7-8-11(14(9-10)23-2)15-16-17(20-18(21)25-16)19-12-5-3-4-6-13(12)24-15/h3-9,15-16H,1-2H3,(H,19,20,21). The van der Waals surface area contributed by atoms with Crippen LogP contribution in [0.1, 0.15) is 11.7 Å². The van der Waals surface area contributed by atoms with Gasteiger partial charge in [0.05, 0.1) is 14.2 Å². The molecule has 2 unspecified atom stereocenters. The molecule has 0 aromatic heterocycles. The quantitative estimate of drug-likeness (QED) is 0.908. The predicted octanol–water partition coefficient (Wildman–Crippen LogP) is 3.69. The minimum atomic E-state index is -0.424. The van der Waals surface area contributed by atoms with Crippen molar-refractivity contribution in [3.05, 3.63) is 48.0 Å². The number of benzene rings is 2. The van der Waals surface area contributed by atoms with Gasteiger partial charge in [-0.3, -0.25) is 4.79 Å². The summed E-state index contributed by atoms with van der Waals surface area (Å²) in [6.07, 6.45) is -0.424. The molecule has 25 heavy (non-hydrogen) atoms. The molecule has 0 spiro atoms. The van der Waals surface area contributed by atoms with E-state index in [9.17, 15) is 4.79 Å². The molecule has 2 aliphatic heterocycles. The van der Waals surface area contributed by atoms with Crippen LogP contribution in [0, 0.1) is 0 Å². The van der Waals surface area contributed by atoms with Crippen LogP contribution in [-0.4, -0.2) is 30.5 Å². The molecule has 7 heteroatoms. The van der Waals surface area contributed by atoms with E-state index in [1.165, 1.54) is 11.8 Å². The number of carbonyl (C=O) groups is 1. The Hall–Kier alpha value is -2.67. The lowest BCUT2D eigenvalue weighted by Crippen LogP contribution is -2.30. The second kappa shape index (κ2) is 6.33. The zero-order valence-corrected chi connectivity index (χ0v) is 14.5. The van der Waals surface area contributed by atoms with Gasteiger partial charge in [-0.1, -0.05) is 12.1 Å². The van der Waals surface area contributed by atoms with Crippen molar-refractivity contribution in [3.8, 4) is 17.2 Å². The Morgan fingerprint density at radius 3 is 2.80 bits per heavy atom. The summed E-state index contributed by atoms with van der Waals surface area (Å²) in [5.74, 6) is 2.60. The minimum Gasteiger partial charge on any atom is -0.497 e. The third-order valence-electron chi connectivity index (χ3n) is 4.12. The molecule has 2 aliphatic rings. The van der Waals surface area contributed by atoms with E-state index in [-0.39, 0.29) is 10.5 Å². The highest BCUT2D eigenvalue weighted by Crippen LogP contribution is 2.44. The number of rotatable bonds is 3. The van der Waals surface area contributed by atoms with Crippen molar-refractivity contribution in [3.63, 3.8) is 0 Å².